The van der Waals surface area contributed by atoms with Gasteiger partial charge in [-0.25, -0.2) is 0 Å². The van der Waals surface area contributed by atoms with E-state index in [4.69, 9.17) is 5.11 Å². The van der Waals surface area contributed by atoms with Crippen LogP contribution in [0, 0.1) is 0 Å². The third-order valence-corrected chi connectivity index (χ3v) is 2.44. The van der Waals surface area contributed by atoms with Crippen molar-refractivity contribution in [3.63, 3.8) is 0 Å². The first kappa shape index (κ1) is 13.4. The summed E-state index contributed by atoms with van der Waals surface area (Å²) in [6, 6.07) is 0.853. The monoisotopic (exact) mass is 201 g/mol. The molecule has 3 nitrogen and oxygen atoms in total. The van der Waals surface area contributed by atoms with Gasteiger partial charge in [0.05, 0.1) is 0 Å². The fourth-order valence-electron chi connectivity index (χ4n) is 1.58. The summed E-state index contributed by atoms with van der Waals surface area (Å²) >= 11 is 0. The number of hydrogen-bond donors (Lipinski definition) is 2. The van der Waals surface area contributed by atoms with Crippen molar-refractivity contribution in [3.05, 3.63) is 0 Å². The molecule has 0 aromatic heterocycles. The molecule has 0 aliphatic rings. The number of nitrogens with one attached hydrogen (secondary N) is 1. The minimum absolute atomic E-state index is 0.261. The molecular weight excluding hydrogens is 178 g/mol. The molecule has 2 N–H and O–H groups in total. The van der Waals surface area contributed by atoms with Crippen molar-refractivity contribution in [1.82, 2.24) is 5.32 Å². The molecule has 0 aliphatic heterocycles. The van der Waals surface area contributed by atoms with Gasteiger partial charge in [-0.3, -0.25) is 4.79 Å². The summed E-state index contributed by atoms with van der Waals surface area (Å²) in [4.78, 5) is 10.4. The molecule has 0 fully saturated rings. The zero-order chi connectivity index (χ0) is 11.0. The van der Waals surface area contributed by atoms with E-state index in [-0.39, 0.29) is 6.42 Å². The van der Waals surface area contributed by atoms with Crippen LogP contribution in [-0.2, 0) is 4.79 Å². The van der Waals surface area contributed by atoms with Gasteiger partial charge in [0.1, 0.15) is 0 Å². The van der Waals surface area contributed by atoms with Crippen molar-refractivity contribution in [2.24, 2.45) is 0 Å². The number of rotatable bonds is 8. The second kappa shape index (κ2) is 7.80. The minimum atomic E-state index is -0.706. The van der Waals surface area contributed by atoms with Gasteiger partial charge in [-0.15, -0.1) is 0 Å². The molecule has 14 heavy (non-hydrogen) atoms. The van der Waals surface area contributed by atoms with Crippen LogP contribution in [0.15, 0.2) is 0 Å². The van der Waals surface area contributed by atoms with E-state index in [9.17, 15) is 4.79 Å². The van der Waals surface area contributed by atoms with E-state index in [0.717, 1.165) is 12.8 Å². The molecular formula is C11H23NO2. The summed E-state index contributed by atoms with van der Waals surface area (Å²) in [7, 11) is 0. The molecule has 0 bridgehead atoms. The Morgan fingerprint density at radius 3 is 2.43 bits per heavy atom. The molecule has 0 aromatic rings. The van der Waals surface area contributed by atoms with Crippen LogP contribution in [0.2, 0.25) is 0 Å². The fraction of sp³-hybridized carbons (Fsp3) is 0.909. The first-order valence-electron chi connectivity index (χ1n) is 5.57. The van der Waals surface area contributed by atoms with Gasteiger partial charge < -0.3 is 10.4 Å². The van der Waals surface area contributed by atoms with Crippen molar-refractivity contribution >= 4 is 5.97 Å². The summed E-state index contributed by atoms with van der Waals surface area (Å²) in [5.74, 6) is -0.706. The summed E-state index contributed by atoms with van der Waals surface area (Å²) in [5.41, 5.74) is 0. The van der Waals surface area contributed by atoms with Gasteiger partial charge >= 0.3 is 5.97 Å². The van der Waals surface area contributed by atoms with Gasteiger partial charge in [0, 0.05) is 18.5 Å². The third kappa shape index (κ3) is 6.89. The third-order valence-electron chi connectivity index (χ3n) is 2.44. The second-order valence-corrected chi connectivity index (χ2v) is 3.89. The van der Waals surface area contributed by atoms with Crippen LogP contribution in [0.5, 0.6) is 0 Å². The zero-order valence-corrected chi connectivity index (χ0v) is 9.55. The Kier molecular flexibility index (Phi) is 7.48. The Hall–Kier alpha value is -0.570. The zero-order valence-electron chi connectivity index (χ0n) is 9.55. The molecule has 0 heterocycles. The molecule has 0 aromatic carbocycles. The van der Waals surface area contributed by atoms with Crippen LogP contribution in [0.4, 0.5) is 0 Å². The summed E-state index contributed by atoms with van der Waals surface area (Å²) < 4.78 is 0. The highest BCUT2D eigenvalue weighted by Gasteiger charge is 2.10. The SMILES string of the molecule is CCCC(CC)NC(C)CCC(=O)O. The molecule has 0 rings (SSSR count). The normalized spacial score (nSPS) is 15.1. The van der Waals surface area contributed by atoms with Gasteiger partial charge in [-0.05, 0) is 26.2 Å². The van der Waals surface area contributed by atoms with E-state index in [1.165, 1.54) is 12.8 Å². The van der Waals surface area contributed by atoms with E-state index in [1.807, 2.05) is 0 Å². The van der Waals surface area contributed by atoms with E-state index in [2.05, 4.69) is 26.1 Å². The predicted molar refractivity (Wildman–Crippen MR) is 58.5 cm³/mol. The molecule has 84 valence electrons. The lowest BCUT2D eigenvalue weighted by Gasteiger charge is -2.21. The number of hydrogen-bond acceptors (Lipinski definition) is 2. The molecule has 0 spiro atoms. The summed E-state index contributed by atoms with van der Waals surface area (Å²) in [6.45, 7) is 6.39. The number of carboxylic acids is 1. The summed E-state index contributed by atoms with van der Waals surface area (Å²) in [6.07, 6.45) is 4.45. The van der Waals surface area contributed by atoms with Gasteiger partial charge in [0.15, 0.2) is 0 Å². The average molecular weight is 201 g/mol. The Morgan fingerprint density at radius 1 is 1.36 bits per heavy atom. The maximum Gasteiger partial charge on any atom is 0.303 e. The molecule has 0 radical (unpaired) electrons. The van der Waals surface area contributed by atoms with Crippen LogP contribution in [-0.4, -0.2) is 23.2 Å². The van der Waals surface area contributed by atoms with Gasteiger partial charge in [-0.1, -0.05) is 20.3 Å². The summed E-state index contributed by atoms with van der Waals surface area (Å²) in [5, 5.41) is 12.0. The van der Waals surface area contributed by atoms with Crippen molar-refractivity contribution in [1.29, 1.82) is 0 Å². The van der Waals surface area contributed by atoms with E-state index in [0.29, 0.717) is 12.1 Å². The van der Waals surface area contributed by atoms with E-state index in [1.54, 1.807) is 0 Å². The number of aliphatic carboxylic acids is 1. The minimum Gasteiger partial charge on any atom is -0.481 e. The quantitative estimate of drug-likeness (QED) is 0.634. The van der Waals surface area contributed by atoms with Crippen molar-refractivity contribution in [3.8, 4) is 0 Å². The van der Waals surface area contributed by atoms with Crippen LogP contribution < -0.4 is 5.32 Å². The lowest BCUT2D eigenvalue weighted by Crippen LogP contribution is -2.36. The Labute approximate surface area is 86.9 Å². The fourth-order valence-corrected chi connectivity index (χ4v) is 1.58. The van der Waals surface area contributed by atoms with Crippen LogP contribution in [0.25, 0.3) is 0 Å². The second-order valence-electron chi connectivity index (χ2n) is 3.89. The highest BCUT2D eigenvalue weighted by Crippen LogP contribution is 2.05. The molecule has 2 atom stereocenters. The molecule has 3 heteroatoms. The Morgan fingerprint density at radius 2 is 2.00 bits per heavy atom. The highest BCUT2D eigenvalue weighted by molar-refractivity contribution is 5.66. The lowest BCUT2D eigenvalue weighted by atomic mass is 10.1. The molecule has 0 amide bonds. The van der Waals surface area contributed by atoms with E-state index >= 15 is 0 Å². The molecule has 2 unspecified atom stereocenters. The molecule has 0 saturated carbocycles. The Bertz CT molecular complexity index is 159. The van der Waals surface area contributed by atoms with Gasteiger partial charge in [0.2, 0.25) is 0 Å². The van der Waals surface area contributed by atoms with Crippen molar-refractivity contribution < 1.29 is 9.90 Å². The molecule has 0 saturated heterocycles. The first-order valence-corrected chi connectivity index (χ1v) is 5.57. The highest BCUT2D eigenvalue weighted by atomic mass is 16.4. The lowest BCUT2D eigenvalue weighted by molar-refractivity contribution is -0.137. The van der Waals surface area contributed by atoms with Crippen molar-refractivity contribution in [2.75, 3.05) is 0 Å². The van der Waals surface area contributed by atoms with Crippen molar-refractivity contribution in [2.45, 2.75) is 65.0 Å². The van der Waals surface area contributed by atoms with Gasteiger partial charge in [0.25, 0.3) is 0 Å². The van der Waals surface area contributed by atoms with Crippen LogP contribution in [0.1, 0.15) is 52.9 Å². The number of carbonyl (C=O) groups is 1. The average Bonchev–Trinajstić information content (AvgIpc) is 2.14. The Balaban J connectivity index is 3.66. The van der Waals surface area contributed by atoms with Gasteiger partial charge in [-0.2, -0.15) is 0 Å². The standard InChI is InChI=1S/C11H23NO2/c1-4-6-10(5-2)12-9(3)7-8-11(13)14/h9-10,12H,4-8H2,1-3H3,(H,13,14). The number of carboxylic acid groups (broad SMARTS) is 1. The van der Waals surface area contributed by atoms with Crippen LogP contribution >= 0.6 is 0 Å². The smallest absolute Gasteiger partial charge is 0.303 e. The van der Waals surface area contributed by atoms with Crippen LogP contribution in [0.3, 0.4) is 0 Å². The first-order chi connectivity index (χ1) is 6.60. The maximum absolute atomic E-state index is 10.4. The predicted octanol–water partition coefficient (Wildman–Crippen LogP) is 2.41. The largest absolute Gasteiger partial charge is 0.481 e. The maximum atomic E-state index is 10.4. The van der Waals surface area contributed by atoms with E-state index < -0.39 is 5.97 Å². The topological polar surface area (TPSA) is 49.3 Å². The molecule has 0 aliphatic carbocycles.